The standard InChI is InChI=1S/C6H9Cl3N2/c1-3(7)5(9)11-6(10)4(2)8/h4H,1-2H3,(H2,10,11)/b5-3+. The number of alkyl halides is 1. The van der Waals surface area contributed by atoms with Crippen molar-refractivity contribution in [1.82, 2.24) is 0 Å². The van der Waals surface area contributed by atoms with Gasteiger partial charge in [-0.05, 0) is 13.8 Å². The predicted octanol–water partition coefficient (Wildman–Crippen LogP) is 2.64. The molecule has 0 rings (SSSR count). The number of nitrogens with zero attached hydrogens (tertiary/aromatic N) is 1. The minimum atomic E-state index is -0.334. The Bertz CT molecular complexity index is 192. The molecule has 0 aliphatic rings. The van der Waals surface area contributed by atoms with Crippen molar-refractivity contribution in [2.24, 2.45) is 10.7 Å². The highest BCUT2D eigenvalue weighted by Gasteiger charge is 2.02. The van der Waals surface area contributed by atoms with Gasteiger partial charge < -0.3 is 5.73 Å². The van der Waals surface area contributed by atoms with E-state index >= 15 is 0 Å². The minimum Gasteiger partial charge on any atom is -0.386 e. The van der Waals surface area contributed by atoms with Crippen LogP contribution < -0.4 is 5.73 Å². The highest BCUT2D eigenvalue weighted by molar-refractivity contribution is 6.39. The van der Waals surface area contributed by atoms with Crippen LogP contribution in [0.2, 0.25) is 0 Å². The third-order valence-corrected chi connectivity index (χ3v) is 1.79. The monoisotopic (exact) mass is 214 g/mol. The van der Waals surface area contributed by atoms with Crippen molar-refractivity contribution in [3.8, 4) is 0 Å². The Morgan fingerprint density at radius 1 is 1.45 bits per heavy atom. The van der Waals surface area contributed by atoms with Crippen molar-refractivity contribution in [3.05, 3.63) is 10.2 Å². The Hall–Kier alpha value is 0.0800. The molecular formula is C6H9Cl3N2. The molecule has 0 saturated heterocycles. The first-order chi connectivity index (χ1) is 4.95. The van der Waals surface area contributed by atoms with Crippen molar-refractivity contribution in [1.29, 1.82) is 0 Å². The van der Waals surface area contributed by atoms with E-state index in [0.29, 0.717) is 5.03 Å². The van der Waals surface area contributed by atoms with Crippen LogP contribution in [-0.2, 0) is 0 Å². The molecule has 2 N–H and O–H groups in total. The van der Waals surface area contributed by atoms with Gasteiger partial charge in [-0.2, -0.15) is 0 Å². The van der Waals surface area contributed by atoms with E-state index in [1.165, 1.54) is 0 Å². The molecule has 2 nitrogen and oxygen atoms in total. The second-order valence-electron chi connectivity index (χ2n) is 1.98. The molecule has 1 atom stereocenters. The van der Waals surface area contributed by atoms with E-state index in [0.717, 1.165) is 0 Å². The Kier molecular flexibility index (Phi) is 4.89. The molecule has 64 valence electrons. The first kappa shape index (κ1) is 11.1. The summed E-state index contributed by atoms with van der Waals surface area (Å²) in [4.78, 5) is 3.75. The first-order valence-corrected chi connectivity index (χ1v) is 4.14. The van der Waals surface area contributed by atoms with Crippen LogP contribution in [0.4, 0.5) is 0 Å². The molecule has 0 aliphatic heterocycles. The van der Waals surface area contributed by atoms with E-state index in [1.807, 2.05) is 0 Å². The minimum absolute atomic E-state index is 0.177. The van der Waals surface area contributed by atoms with Gasteiger partial charge in [0.15, 0.2) is 0 Å². The van der Waals surface area contributed by atoms with Gasteiger partial charge in [0.05, 0.1) is 10.4 Å². The molecule has 0 aliphatic carbocycles. The van der Waals surface area contributed by atoms with Crippen LogP contribution in [0.1, 0.15) is 13.8 Å². The maximum absolute atomic E-state index is 5.60. The molecule has 0 aromatic rings. The molecule has 0 aromatic carbocycles. The fraction of sp³-hybridized carbons (Fsp3) is 0.500. The number of rotatable bonds is 2. The second-order valence-corrected chi connectivity index (χ2v) is 3.56. The summed E-state index contributed by atoms with van der Waals surface area (Å²) < 4.78 is 0. The van der Waals surface area contributed by atoms with E-state index in [2.05, 4.69) is 4.99 Å². The lowest BCUT2D eigenvalue weighted by atomic mass is 10.4. The van der Waals surface area contributed by atoms with Gasteiger partial charge in [0.2, 0.25) is 0 Å². The van der Waals surface area contributed by atoms with E-state index in [9.17, 15) is 0 Å². The zero-order chi connectivity index (χ0) is 9.02. The van der Waals surface area contributed by atoms with Crippen LogP contribution >= 0.6 is 34.8 Å². The van der Waals surface area contributed by atoms with E-state index in [1.54, 1.807) is 13.8 Å². The van der Waals surface area contributed by atoms with Gasteiger partial charge in [0, 0.05) is 0 Å². The van der Waals surface area contributed by atoms with Gasteiger partial charge in [0.1, 0.15) is 11.0 Å². The number of amidine groups is 1. The Labute approximate surface area is 81.0 Å². The fourth-order valence-electron chi connectivity index (χ4n) is 0.279. The highest BCUT2D eigenvalue weighted by atomic mass is 35.5. The normalized spacial score (nSPS) is 17.7. The van der Waals surface area contributed by atoms with Crippen molar-refractivity contribution >= 4 is 40.6 Å². The average Bonchev–Trinajstić information content (AvgIpc) is 1.87. The molecule has 0 aromatic heterocycles. The van der Waals surface area contributed by atoms with Crippen molar-refractivity contribution in [2.75, 3.05) is 0 Å². The van der Waals surface area contributed by atoms with Gasteiger partial charge in [-0.15, -0.1) is 11.6 Å². The summed E-state index contributed by atoms with van der Waals surface area (Å²) in [5.41, 5.74) is 5.40. The third kappa shape index (κ3) is 4.51. The summed E-state index contributed by atoms with van der Waals surface area (Å²) in [6.07, 6.45) is 0. The highest BCUT2D eigenvalue weighted by Crippen LogP contribution is 2.14. The molecule has 5 heteroatoms. The van der Waals surface area contributed by atoms with Crippen molar-refractivity contribution in [2.45, 2.75) is 19.2 Å². The van der Waals surface area contributed by atoms with Gasteiger partial charge in [-0.25, -0.2) is 4.99 Å². The van der Waals surface area contributed by atoms with E-state index in [4.69, 9.17) is 40.5 Å². The summed E-state index contributed by atoms with van der Waals surface area (Å²) in [6, 6.07) is 0. The van der Waals surface area contributed by atoms with E-state index < -0.39 is 0 Å². The molecule has 0 radical (unpaired) electrons. The average molecular weight is 216 g/mol. The summed E-state index contributed by atoms with van der Waals surface area (Å²) in [6.45, 7) is 3.33. The SMILES string of the molecule is C/C(Cl)=C(Cl)\N=C(/N)C(C)Cl. The van der Waals surface area contributed by atoms with E-state index in [-0.39, 0.29) is 16.4 Å². The number of nitrogens with two attached hydrogens (primary N) is 1. The van der Waals surface area contributed by atoms with Gasteiger partial charge in [-0.1, -0.05) is 23.2 Å². The Morgan fingerprint density at radius 2 is 1.91 bits per heavy atom. The maximum atomic E-state index is 5.60. The lowest BCUT2D eigenvalue weighted by molar-refractivity contribution is 1.23. The zero-order valence-electron chi connectivity index (χ0n) is 6.24. The molecule has 0 heterocycles. The van der Waals surface area contributed by atoms with Crippen LogP contribution in [0.3, 0.4) is 0 Å². The lowest BCUT2D eigenvalue weighted by Gasteiger charge is -2.00. The largest absolute Gasteiger partial charge is 0.386 e. The second kappa shape index (κ2) is 4.86. The first-order valence-electron chi connectivity index (χ1n) is 2.95. The van der Waals surface area contributed by atoms with Crippen LogP contribution in [0, 0.1) is 0 Å². The maximum Gasteiger partial charge on any atom is 0.145 e. The smallest absolute Gasteiger partial charge is 0.145 e. The van der Waals surface area contributed by atoms with Crippen molar-refractivity contribution < 1.29 is 0 Å². The number of hydrogen-bond acceptors (Lipinski definition) is 1. The van der Waals surface area contributed by atoms with Crippen LogP contribution in [0.15, 0.2) is 15.2 Å². The fourth-order valence-corrected chi connectivity index (χ4v) is 0.468. The Morgan fingerprint density at radius 3 is 2.18 bits per heavy atom. The summed E-state index contributed by atoms with van der Waals surface area (Å²) in [5, 5.41) is 0.239. The molecule has 0 saturated carbocycles. The van der Waals surface area contributed by atoms with Crippen LogP contribution in [0.25, 0.3) is 0 Å². The number of hydrogen-bond donors (Lipinski definition) is 1. The van der Waals surface area contributed by atoms with Gasteiger partial charge in [-0.3, -0.25) is 0 Å². The topological polar surface area (TPSA) is 38.4 Å². The lowest BCUT2D eigenvalue weighted by Crippen LogP contribution is -2.21. The number of allylic oxidation sites excluding steroid dienone is 1. The van der Waals surface area contributed by atoms with Gasteiger partial charge >= 0.3 is 0 Å². The summed E-state index contributed by atoms with van der Waals surface area (Å²) >= 11 is 16.7. The summed E-state index contributed by atoms with van der Waals surface area (Å²) in [5.74, 6) is 0.261. The van der Waals surface area contributed by atoms with Crippen LogP contribution in [0.5, 0.6) is 0 Å². The van der Waals surface area contributed by atoms with Gasteiger partial charge in [0.25, 0.3) is 0 Å². The molecule has 1 unspecified atom stereocenters. The number of aliphatic imine (C=N–C) groups is 1. The quantitative estimate of drug-likeness (QED) is 0.327. The molecular weight excluding hydrogens is 206 g/mol. The molecule has 0 bridgehead atoms. The number of halogens is 3. The zero-order valence-corrected chi connectivity index (χ0v) is 8.50. The molecule has 0 spiro atoms. The molecule has 11 heavy (non-hydrogen) atoms. The third-order valence-electron chi connectivity index (χ3n) is 0.919. The summed E-state index contributed by atoms with van der Waals surface area (Å²) in [7, 11) is 0. The molecule has 0 amide bonds. The molecule has 0 fully saturated rings. The van der Waals surface area contributed by atoms with Crippen molar-refractivity contribution in [3.63, 3.8) is 0 Å². The van der Waals surface area contributed by atoms with Crippen LogP contribution in [-0.4, -0.2) is 11.2 Å². The Balaban J connectivity index is 4.44. The predicted molar refractivity (Wildman–Crippen MR) is 51.3 cm³/mol.